The van der Waals surface area contributed by atoms with E-state index in [1.807, 2.05) is 18.0 Å². The summed E-state index contributed by atoms with van der Waals surface area (Å²) in [5.74, 6) is 2.06. The van der Waals surface area contributed by atoms with Crippen LogP contribution in [0.15, 0.2) is 27.8 Å². The summed E-state index contributed by atoms with van der Waals surface area (Å²) in [4.78, 5) is 22.6. The number of nitrogens with zero attached hydrogens (tertiary/aromatic N) is 4. The third-order valence-electron chi connectivity index (χ3n) is 5.39. The number of carbonyl (C=O) groups excluding carboxylic acids is 1. The minimum Gasteiger partial charge on any atom is -0.468 e. The van der Waals surface area contributed by atoms with Crippen LogP contribution in [0.4, 0.5) is 0 Å². The van der Waals surface area contributed by atoms with Crippen molar-refractivity contribution in [3.63, 3.8) is 0 Å². The van der Waals surface area contributed by atoms with E-state index in [2.05, 4.69) is 26.2 Å². The lowest BCUT2D eigenvalue weighted by atomic mass is 10.1. The zero-order valence-corrected chi connectivity index (χ0v) is 16.0. The van der Waals surface area contributed by atoms with Crippen molar-refractivity contribution >= 4 is 11.9 Å². The molecule has 0 aliphatic carbocycles. The predicted molar refractivity (Wildman–Crippen MR) is 102 cm³/mol. The molecule has 3 rings (SSSR count). The number of rotatable bonds is 4. The van der Waals surface area contributed by atoms with E-state index < -0.39 is 0 Å². The quantitative estimate of drug-likeness (QED) is 0.651. The number of likely N-dealkylation sites (tertiary alicyclic amines) is 1. The molecule has 2 saturated heterocycles. The molecular formula is C19H31N5O2. The van der Waals surface area contributed by atoms with Gasteiger partial charge in [0.05, 0.1) is 12.3 Å². The molecule has 0 saturated carbocycles. The van der Waals surface area contributed by atoms with E-state index in [0.717, 1.165) is 57.5 Å². The minimum atomic E-state index is 0.149. The lowest BCUT2D eigenvalue weighted by Gasteiger charge is -2.37. The van der Waals surface area contributed by atoms with Crippen molar-refractivity contribution in [2.75, 3.05) is 52.9 Å². The fourth-order valence-corrected chi connectivity index (χ4v) is 3.87. The highest BCUT2D eigenvalue weighted by molar-refractivity contribution is 5.80. The van der Waals surface area contributed by atoms with Gasteiger partial charge in [-0.15, -0.1) is 0 Å². The van der Waals surface area contributed by atoms with Crippen LogP contribution < -0.4 is 5.32 Å². The zero-order chi connectivity index (χ0) is 18.4. The summed E-state index contributed by atoms with van der Waals surface area (Å²) in [5, 5.41) is 3.54. The van der Waals surface area contributed by atoms with Gasteiger partial charge in [-0.3, -0.25) is 14.7 Å². The Morgan fingerprint density at radius 2 is 1.85 bits per heavy atom. The lowest BCUT2D eigenvalue weighted by molar-refractivity contribution is -0.130. The summed E-state index contributed by atoms with van der Waals surface area (Å²) in [6.07, 6.45) is 5.57. The van der Waals surface area contributed by atoms with Crippen molar-refractivity contribution in [3.8, 4) is 0 Å². The maximum absolute atomic E-state index is 11.5. The van der Waals surface area contributed by atoms with Crippen molar-refractivity contribution in [3.05, 3.63) is 24.2 Å². The zero-order valence-electron chi connectivity index (χ0n) is 16.0. The van der Waals surface area contributed by atoms with Crippen LogP contribution >= 0.6 is 0 Å². The Morgan fingerprint density at radius 3 is 2.42 bits per heavy atom. The summed E-state index contributed by atoms with van der Waals surface area (Å²) >= 11 is 0. The second-order valence-electron chi connectivity index (χ2n) is 7.05. The molecule has 1 aromatic rings. The SMILES string of the molecule is CN=C(NCC(c1ccco1)N1CCCCC1)N1CCN(C(C)=O)CC1. The first-order valence-corrected chi connectivity index (χ1v) is 9.67. The van der Waals surface area contributed by atoms with Crippen LogP contribution in [0, 0.1) is 0 Å². The molecule has 1 atom stereocenters. The van der Waals surface area contributed by atoms with Gasteiger partial charge in [-0.25, -0.2) is 0 Å². The number of amides is 1. The largest absolute Gasteiger partial charge is 0.468 e. The Balaban J connectivity index is 1.59. The summed E-state index contributed by atoms with van der Waals surface area (Å²) < 4.78 is 5.72. The molecule has 1 amide bonds. The lowest BCUT2D eigenvalue weighted by Crippen LogP contribution is -2.54. The molecule has 26 heavy (non-hydrogen) atoms. The van der Waals surface area contributed by atoms with E-state index in [9.17, 15) is 4.79 Å². The minimum absolute atomic E-state index is 0.149. The molecule has 0 bridgehead atoms. The van der Waals surface area contributed by atoms with Gasteiger partial charge in [-0.1, -0.05) is 6.42 Å². The number of piperidine rings is 1. The molecule has 2 aliphatic rings. The summed E-state index contributed by atoms with van der Waals surface area (Å²) in [6, 6.07) is 4.25. The molecule has 2 aliphatic heterocycles. The maximum atomic E-state index is 11.5. The second kappa shape index (κ2) is 9.07. The molecule has 2 fully saturated rings. The van der Waals surface area contributed by atoms with Crippen molar-refractivity contribution in [2.24, 2.45) is 4.99 Å². The van der Waals surface area contributed by atoms with Crippen molar-refractivity contribution in [2.45, 2.75) is 32.2 Å². The van der Waals surface area contributed by atoms with Gasteiger partial charge in [0.2, 0.25) is 5.91 Å². The van der Waals surface area contributed by atoms with Crippen LogP contribution in [-0.2, 0) is 4.79 Å². The van der Waals surface area contributed by atoms with Gasteiger partial charge in [0.15, 0.2) is 5.96 Å². The van der Waals surface area contributed by atoms with Gasteiger partial charge in [0.1, 0.15) is 5.76 Å². The Kier molecular flexibility index (Phi) is 6.55. The molecule has 1 aromatic heterocycles. The van der Waals surface area contributed by atoms with Crippen LogP contribution in [-0.4, -0.2) is 79.4 Å². The molecule has 7 nitrogen and oxygen atoms in total. The van der Waals surface area contributed by atoms with E-state index in [1.54, 1.807) is 13.2 Å². The summed E-state index contributed by atoms with van der Waals surface area (Å²) in [5.41, 5.74) is 0. The van der Waals surface area contributed by atoms with Gasteiger partial charge in [0.25, 0.3) is 0 Å². The van der Waals surface area contributed by atoms with E-state index in [4.69, 9.17) is 4.42 Å². The topological polar surface area (TPSA) is 64.3 Å². The smallest absolute Gasteiger partial charge is 0.219 e. The van der Waals surface area contributed by atoms with Gasteiger partial charge < -0.3 is 19.5 Å². The first kappa shape index (κ1) is 18.8. The van der Waals surface area contributed by atoms with Crippen LogP contribution in [0.25, 0.3) is 0 Å². The highest BCUT2D eigenvalue weighted by Crippen LogP contribution is 2.24. The average molecular weight is 361 g/mol. The van der Waals surface area contributed by atoms with Crippen LogP contribution in [0.3, 0.4) is 0 Å². The summed E-state index contributed by atoms with van der Waals surface area (Å²) in [7, 11) is 1.82. The highest BCUT2D eigenvalue weighted by atomic mass is 16.3. The van der Waals surface area contributed by atoms with E-state index >= 15 is 0 Å². The van der Waals surface area contributed by atoms with Crippen LogP contribution in [0.2, 0.25) is 0 Å². The Bertz CT molecular complexity index is 587. The molecule has 0 aromatic carbocycles. The fraction of sp³-hybridized carbons (Fsp3) is 0.684. The molecule has 0 radical (unpaired) electrons. The highest BCUT2D eigenvalue weighted by Gasteiger charge is 2.26. The van der Waals surface area contributed by atoms with Gasteiger partial charge in [-0.05, 0) is 38.1 Å². The van der Waals surface area contributed by atoms with Crippen LogP contribution in [0.5, 0.6) is 0 Å². The number of aliphatic imine (C=N–C) groups is 1. The first-order chi connectivity index (χ1) is 12.7. The normalized spacial score (nSPS) is 20.9. The van der Waals surface area contributed by atoms with Gasteiger partial charge >= 0.3 is 0 Å². The third-order valence-corrected chi connectivity index (χ3v) is 5.39. The van der Waals surface area contributed by atoms with Crippen molar-refractivity contribution in [1.29, 1.82) is 0 Å². The molecule has 1 unspecified atom stereocenters. The molecule has 0 spiro atoms. The standard InChI is InChI=1S/C19H31N5O2/c1-16(25)22-10-12-24(13-11-22)19(20-2)21-15-17(18-7-6-14-26-18)23-8-4-3-5-9-23/h6-7,14,17H,3-5,8-13,15H2,1-2H3,(H,20,21). The molecule has 7 heteroatoms. The van der Waals surface area contributed by atoms with Crippen LogP contribution in [0.1, 0.15) is 38.0 Å². The number of piperazine rings is 1. The molecule has 144 valence electrons. The van der Waals surface area contributed by atoms with Crippen molar-refractivity contribution in [1.82, 2.24) is 20.0 Å². The number of hydrogen-bond acceptors (Lipinski definition) is 4. The van der Waals surface area contributed by atoms with Gasteiger partial charge in [-0.2, -0.15) is 0 Å². The Morgan fingerprint density at radius 1 is 1.15 bits per heavy atom. The van der Waals surface area contributed by atoms with Gasteiger partial charge in [0, 0.05) is 46.7 Å². The second-order valence-corrected chi connectivity index (χ2v) is 7.05. The third kappa shape index (κ3) is 4.58. The monoisotopic (exact) mass is 361 g/mol. The Hall–Kier alpha value is -2.02. The average Bonchev–Trinajstić information content (AvgIpc) is 3.20. The maximum Gasteiger partial charge on any atom is 0.219 e. The summed E-state index contributed by atoms with van der Waals surface area (Å²) in [6.45, 7) is 7.77. The number of nitrogens with one attached hydrogen (secondary N) is 1. The fourth-order valence-electron chi connectivity index (χ4n) is 3.87. The first-order valence-electron chi connectivity index (χ1n) is 9.67. The Labute approximate surface area is 156 Å². The number of furan rings is 1. The predicted octanol–water partition coefficient (Wildman–Crippen LogP) is 1.55. The number of guanidine groups is 1. The molecular weight excluding hydrogens is 330 g/mol. The van der Waals surface area contributed by atoms with Crippen molar-refractivity contribution < 1.29 is 9.21 Å². The molecule has 1 N–H and O–H groups in total. The molecule has 3 heterocycles. The van der Waals surface area contributed by atoms with E-state index in [0.29, 0.717) is 0 Å². The van der Waals surface area contributed by atoms with E-state index in [-0.39, 0.29) is 11.9 Å². The number of carbonyl (C=O) groups is 1. The van der Waals surface area contributed by atoms with E-state index in [1.165, 1.54) is 19.3 Å². The number of hydrogen-bond donors (Lipinski definition) is 1.